The number of fused-ring (bicyclic) bond motifs is 1. The van der Waals surface area contributed by atoms with Crippen LogP contribution in [0.1, 0.15) is 49.4 Å². The lowest BCUT2D eigenvalue weighted by molar-refractivity contribution is -0.150. The van der Waals surface area contributed by atoms with E-state index in [1.54, 1.807) is 32.0 Å². The Labute approximate surface area is 255 Å². The maximum absolute atomic E-state index is 14.9. The number of phenols is 1. The number of carbonyl (C=O) groups excluding carboxylic acids is 2. The van der Waals surface area contributed by atoms with Gasteiger partial charge < -0.3 is 19.7 Å². The second-order valence-electron chi connectivity index (χ2n) is 11.0. The molecule has 45 heavy (non-hydrogen) atoms. The molecule has 1 atom stereocenters. The summed E-state index contributed by atoms with van der Waals surface area (Å²) in [5.74, 6) is -2.24. The van der Waals surface area contributed by atoms with Crippen molar-refractivity contribution in [3.63, 3.8) is 0 Å². The number of aliphatic hydroxyl groups excluding tert-OH is 1. The topological polar surface area (TPSA) is 124 Å². The first-order valence-electron chi connectivity index (χ1n) is 13.8. The van der Waals surface area contributed by atoms with Crippen LogP contribution < -0.4 is 0 Å². The van der Waals surface area contributed by atoms with Crippen LogP contribution >= 0.6 is 0 Å². The van der Waals surface area contributed by atoms with Gasteiger partial charge in [-0.15, -0.1) is 15.0 Å². The van der Waals surface area contributed by atoms with Crippen molar-refractivity contribution < 1.29 is 46.8 Å². The standard InChI is InChI=1S/C32H31F4N3O6/c1-18(2)30(43)45-17-21(40)16-44-28(41)12-9-19-13-23(31(3,4)22-7-5-6-8-24(22)33)29(42)27(14-19)39-37-25-11-10-20(32(34,35)36)15-26(25)38-39/h5-8,10-11,13-15,21,40,42H,1,9,12,16-17H2,2-4H3. The lowest BCUT2D eigenvalue weighted by atomic mass is 9.76. The summed E-state index contributed by atoms with van der Waals surface area (Å²) in [4.78, 5) is 25.0. The van der Waals surface area contributed by atoms with Crippen molar-refractivity contribution in [2.45, 2.75) is 51.3 Å². The van der Waals surface area contributed by atoms with E-state index in [0.29, 0.717) is 5.56 Å². The fraction of sp³-hybridized carbons (Fsp3) is 0.312. The molecule has 0 saturated carbocycles. The third kappa shape index (κ3) is 7.66. The second-order valence-corrected chi connectivity index (χ2v) is 11.0. The summed E-state index contributed by atoms with van der Waals surface area (Å²) < 4.78 is 64.7. The van der Waals surface area contributed by atoms with E-state index in [-0.39, 0.29) is 52.0 Å². The van der Waals surface area contributed by atoms with Crippen LogP contribution in [0.4, 0.5) is 17.6 Å². The van der Waals surface area contributed by atoms with Crippen LogP contribution in [0.5, 0.6) is 5.75 Å². The predicted molar refractivity (Wildman–Crippen MR) is 155 cm³/mol. The number of benzene rings is 3. The molecule has 1 aromatic heterocycles. The minimum Gasteiger partial charge on any atom is -0.505 e. The van der Waals surface area contributed by atoms with Crippen LogP contribution in [0.15, 0.2) is 66.7 Å². The molecular formula is C32H31F4N3O6. The number of ether oxygens (including phenoxy) is 2. The average molecular weight is 630 g/mol. The van der Waals surface area contributed by atoms with Gasteiger partial charge in [-0.05, 0) is 54.8 Å². The van der Waals surface area contributed by atoms with Gasteiger partial charge in [0, 0.05) is 23.0 Å². The van der Waals surface area contributed by atoms with E-state index in [0.717, 1.165) is 23.0 Å². The Morgan fingerprint density at radius 1 is 0.978 bits per heavy atom. The molecule has 4 aromatic rings. The molecule has 0 bridgehead atoms. The number of aliphatic hydroxyl groups is 1. The molecule has 9 nitrogen and oxygen atoms in total. The van der Waals surface area contributed by atoms with Crippen LogP contribution in [0.2, 0.25) is 0 Å². The highest BCUT2D eigenvalue weighted by atomic mass is 19.4. The zero-order valence-corrected chi connectivity index (χ0v) is 24.7. The summed E-state index contributed by atoms with van der Waals surface area (Å²) in [6.07, 6.45) is -5.97. The molecule has 1 unspecified atom stereocenters. The van der Waals surface area contributed by atoms with Crippen molar-refractivity contribution in [2.75, 3.05) is 13.2 Å². The van der Waals surface area contributed by atoms with E-state index < -0.39 is 54.2 Å². The number of hydrogen-bond donors (Lipinski definition) is 2. The number of rotatable bonds is 11. The summed E-state index contributed by atoms with van der Waals surface area (Å²) in [5, 5.41) is 29.8. The number of alkyl halides is 3. The Kier molecular flexibility index (Phi) is 9.62. The van der Waals surface area contributed by atoms with E-state index in [2.05, 4.69) is 16.8 Å². The maximum Gasteiger partial charge on any atom is 0.416 e. The molecule has 0 saturated heterocycles. The van der Waals surface area contributed by atoms with Crippen LogP contribution in [-0.4, -0.2) is 56.5 Å². The summed E-state index contributed by atoms with van der Waals surface area (Å²) >= 11 is 0. The van der Waals surface area contributed by atoms with Gasteiger partial charge in [-0.2, -0.15) is 13.2 Å². The van der Waals surface area contributed by atoms with Gasteiger partial charge in [0.15, 0.2) is 0 Å². The molecule has 0 fully saturated rings. The third-order valence-electron chi connectivity index (χ3n) is 7.10. The Hall–Kier alpha value is -4.78. The normalized spacial score (nSPS) is 12.6. The number of halogens is 4. The molecule has 0 spiro atoms. The number of esters is 2. The number of nitrogens with zero attached hydrogens (tertiary/aromatic N) is 3. The minimum absolute atomic E-state index is 0.000194. The highest BCUT2D eigenvalue weighted by molar-refractivity contribution is 5.86. The largest absolute Gasteiger partial charge is 0.505 e. The molecule has 13 heteroatoms. The van der Waals surface area contributed by atoms with Gasteiger partial charge in [0.2, 0.25) is 0 Å². The molecule has 3 aromatic carbocycles. The summed E-state index contributed by atoms with van der Waals surface area (Å²) in [7, 11) is 0. The van der Waals surface area contributed by atoms with E-state index >= 15 is 0 Å². The monoisotopic (exact) mass is 629 g/mol. The second kappa shape index (κ2) is 13.1. The van der Waals surface area contributed by atoms with E-state index in [1.165, 1.54) is 25.1 Å². The van der Waals surface area contributed by atoms with Crippen molar-refractivity contribution in [1.82, 2.24) is 15.0 Å². The number of aromatic nitrogens is 3. The molecule has 4 rings (SSSR count). The fourth-order valence-corrected chi connectivity index (χ4v) is 4.61. The van der Waals surface area contributed by atoms with E-state index in [4.69, 9.17) is 9.47 Å². The number of aromatic hydroxyl groups is 1. The summed E-state index contributed by atoms with van der Waals surface area (Å²) in [6, 6.07) is 12.0. The highest BCUT2D eigenvalue weighted by Gasteiger charge is 2.33. The van der Waals surface area contributed by atoms with Gasteiger partial charge >= 0.3 is 18.1 Å². The molecule has 0 aliphatic heterocycles. The SMILES string of the molecule is C=C(C)C(=O)OCC(O)COC(=O)CCc1cc(-n2nc3ccc(C(F)(F)F)cc3n2)c(O)c(C(C)(C)c2ccccc2F)c1. The van der Waals surface area contributed by atoms with Gasteiger partial charge in [-0.25, -0.2) is 9.18 Å². The molecule has 1 heterocycles. The predicted octanol–water partition coefficient (Wildman–Crippen LogP) is 5.57. The smallest absolute Gasteiger partial charge is 0.416 e. The first-order valence-corrected chi connectivity index (χ1v) is 13.8. The molecule has 0 amide bonds. The number of carbonyl (C=O) groups is 2. The van der Waals surface area contributed by atoms with Crippen LogP contribution in [0.3, 0.4) is 0 Å². The number of aryl methyl sites for hydroxylation is 1. The Morgan fingerprint density at radius 3 is 2.31 bits per heavy atom. The Morgan fingerprint density at radius 2 is 1.64 bits per heavy atom. The van der Waals surface area contributed by atoms with Gasteiger partial charge in [-0.1, -0.05) is 44.7 Å². The van der Waals surface area contributed by atoms with Gasteiger partial charge in [0.1, 0.15) is 47.6 Å². The van der Waals surface area contributed by atoms with Crippen molar-refractivity contribution in [1.29, 1.82) is 0 Å². The zero-order chi connectivity index (χ0) is 33.1. The lowest BCUT2D eigenvalue weighted by Crippen LogP contribution is -2.25. The molecule has 238 valence electrons. The number of hydrogen-bond acceptors (Lipinski definition) is 8. The van der Waals surface area contributed by atoms with E-state index in [9.17, 15) is 37.4 Å². The minimum atomic E-state index is -4.60. The first kappa shape index (κ1) is 33.1. The average Bonchev–Trinajstić information content (AvgIpc) is 3.41. The highest BCUT2D eigenvalue weighted by Crippen LogP contribution is 2.41. The summed E-state index contributed by atoms with van der Waals surface area (Å²) in [6.45, 7) is 7.42. The number of phenolic OH excluding ortho intramolecular Hbond substituents is 1. The molecule has 2 N–H and O–H groups in total. The maximum atomic E-state index is 14.9. The van der Waals surface area contributed by atoms with Crippen LogP contribution in [-0.2, 0) is 37.1 Å². The molecule has 0 aliphatic rings. The quantitative estimate of drug-likeness (QED) is 0.126. The molecule has 0 aliphatic carbocycles. The van der Waals surface area contributed by atoms with Gasteiger partial charge in [-0.3, -0.25) is 4.79 Å². The fourth-order valence-electron chi connectivity index (χ4n) is 4.61. The van der Waals surface area contributed by atoms with Gasteiger partial charge in [0.25, 0.3) is 0 Å². The van der Waals surface area contributed by atoms with Crippen molar-refractivity contribution >= 4 is 23.0 Å². The van der Waals surface area contributed by atoms with Crippen molar-refractivity contribution in [2.24, 2.45) is 0 Å². The first-order chi connectivity index (χ1) is 21.1. The Balaban J connectivity index is 1.65. The van der Waals surface area contributed by atoms with Crippen LogP contribution in [0.25, 0.3) is 16.7 Å². The Bertz CT molecular complexity index is 1750. The van der Waals surface area contributed by atoms with Crippen molar-refractivity contribution in [3.05, 3.63) is 94.8 Å². The van der Waals surface area contributed by atoms with E-state index in [1.807, 2.05) is 0 Å². The van der Waals surface area contributed by atoms with Crippen LogP contribution in [0, 0.1) is 5.82 Å². The summed E-state index contributed by atoms with van der Waals surface area (Å²) in [5.41, 5.74) is -0.833. The third-order valence-corrected chi connectivity index (χ3v) is 7.10. The zero-order valence-electron chi connectivity index (χ0n) is 24.7. The van der Waals surface area contributed by atoms with Crippen molar-refractivity contribution in [3.8, 4) is 11.4 Å². The van der Waals surface area contributed by atoms with Gasteiger partial charge in [0.05, 0.1) is 5.56 Å². The molecule has 0 radical (unpaired) electrons. The molecular weight excluding hydrogens is 598 g/mol. The lowest BCUT2D eigenvalue weighted by Gasteiger charge is -2.28.